The van der Waals surface area contributed by atoms with Crippen LogP contribution in [0, 0.1) is 0 Å². The Labute approximate surface area is 108 Å². The van der Waals surface area contributed by atoms with Crippen molar-refractivity contribution in [2.45, 2.75) is 6.92 Å². The first-order valence-electron chi connectivity index (χ1n) is 4.48. The minimum Gasteiger partial charge on any atom is -0.496 e. The van der Waals surface area contributed by atoms with Gasteiger partial charge in [0, 0.05) is 13.1 Å². The molecule has 0 saturated heterocycles. The molecule has 0 bridgehead atoms. The maximum Gasteiger partial charge on any atom is 0.152 e. The van der Waals surface area contributed by atoms with Crippen LogP contribution in [0.3, 0.4) is 0 Å². The average Bonchev–Trinajstić information content (AvgIpc) is 2.14. The van der Waals surface area contributed by atoms with Gasteiger partial charge in [0.1, 0.15) is 6.61 Å². The van der Waals surface area contributed by atoms with Crippen molar-refractivity contribution in [3.63, 3.8) is 0 Å². The Morgan fingerprint density at radius 1 is 1.80 bits per heavy atom. The van der Waals surface area contributed by atoms with Crippen molar-refractivity contribution in [2.24, 2.45) is 5.10 Å². The van der Waals surface area contributed by atoms with E-state index in [9.17, 15) is 0 Å². The Morgan fingerprint density at radius 3 is 3.20 bits per heavy atom. The molecule has 0 saturated carbocycles. The predicted octanol–water partition coefficient (Wildman–Crippen LogP) is 2.23. The van der Waals surface area contributed by atoms with E-state index >= 15 is 0 Å². The van der Waals surface area contributed by atoms with Crippen LogP contribution in [0.2, 0.25) is 0 Å². The molecule has 0 atom stereocenters. The normalized spacial score (nSPS) is 21.9. The number of allylic oxidation sites excluding steroid dienone is 2. The first-order valence-corrected chi connectivity index (χ1v) is 5.94. The summed E-state index contributed by atoms with van der Waals surface area (Å²) in [5.74, 6) is 0.788. The molecule has 6 heteroatoms. The summed E-state index contributed by atoms with van der Waals surface area (Å²) in [5, 5.41) is 9.40. The summed E-state index contributed by atoms with van der Waals surface area (Å²) in [6, 6.07) is 0. The van der Waals surface area contributed by atoms with E-state index in [1.54, 1.807) is 11.1 Å². The van der Waals surface area contributed by atoms with Gasteiger partial charge >= 0.3 is 0 Å². The summed E-state index contributed by atoms with van der Waals surface area (Å²) in [6.45, 7) is 3.14. The third kappa shape index (κ3) is 4.74. The number of nitrogens with one attached hydrogen (secondary N) is 1. The molecule has 4 nitrogen and oxygen atoms in total. The predicted molar refractivity (Wildman–Crippen MR) is 70.9 cm³/mol. The average molecular weight is 342 g/mol. The summed E-state index contributed by atoms with van der Waals surface area (Å²) >= 11 is 8.09. The highest BCUT2D eigenvalue weighted by atomic mass is 127. The molecule has 0 aromatic heterocycles. The van der Waals surface area contributed by atoms with E-state index in [1.165, 1.54) is 0 Å². The van der Waals surface area contributed by atoms with E-state index in [1.807, 2.05) is 20.2 Å². The number of rotatable bonds is 2. The molecule has 1 N–H and O–H groups in total. The van der Waals surface area contributed by atoms with Crippen molar-refractivity contribution < 1.29 is 4.74 Å². The SMILES string of the molecule is CN/C(I)=C\N1CCO/C(C)=C/C(Cl)=N1. The Kier molecular flexibility index (Phi) is 5.24. The number of nitrogens with zero attached hydrogens (tertiary/aromatic N) is 2. The molecular formula is C9H13ClIN3O. The van der Waals surface area contributed by atoms with Crippen LogP contribution in [0.25, 0.3) is 0 Å². The molecule has 0 spiro atoms. The Balaban J connectivity index is 2.79. The Hall–Kier alpha value is -0.430. The van der Waals surface area contributed by atoms with Gasteiger partial charge in [0.15, 0.2) is 5.17 Å². The molecule has 0 aromatic rings. The summed E-state index contributed by atoms with van der Waals surface area (Å²) in [6.07, 6.45) is 3.58. The first kappa shape index (κ1) is 12.6. The lowest BCUT2D eigenvalue weighted by Crippen LogP contribution is -2.21. The summed E-state index contributed by atoms with van der Waals surface area (Å²) in [4.78, 5) is 0. The lowest BCUT2D eigenvalue weighted by molar-refractivity contribution is 0.181. The van der Waals surface area contributed by atoms with Crippen LogP contribution in [0.15, 0.2) is 26.8 Å². The summed E-state index contributed by atoms with van der Waals surface area (Å²) in [7, 11) is 1.86. The number of ether oxygens (including phenoxy) is 1. The number of hydrogen-bond donors (Lipinski definition) is 1. The second-order valence-corrected chi connectivity index (χ2v) is 4.47. The van der Waals surface area contributed by atoms with Crippen molar-refractivity contribution in [1.82, 2.24) is 10.3 Å². The van der Waals surface area contributed by atoms with Crippen LogP contribution in [0.5, 0.6) is 0 Å². The van der Waals surface area contributed by atoms with Crippen LogP contribution < -0.4 is 5.32 Å². The molecule has 1 heterocycles. The molecule has 1 aliphatic heterocycles. The molecule has 1 rings (SSSR count). The fourth-order valence-electron chi connectivity index (χ4n) is 1.000. The molecule has 0 fully saturated rings. The Bertz CT molecular complexity index is 314. The molecule has 0 amide bonds. The second kappa shape index (κ2) is 6.22. The molecule has 84 valence electrons. The largest absolute Gasteiger partial charge is 0.496 e. The minimum atomic E-state index is 0.420. The van der Waals surface area contributed by atoms with Gasteiger partial charge in [0.25, 0.3) is 0 Å². The molecule has 0 radical (unpaired) electrons. The van der Waals surface area contributed by atoms with Gasteiger partial charge in [-0.05, 0) is 29.5 Å². The quantitative estimate of drug-likeness (QED) is 0.618. The lowest BCUT2D eigenvalue weighted by Gasteiger charge is -2.18. The van der Waals surface area contributed by atoms with Crippen molar-refractivity contribution in [3.05, 3.63) is 21.7 Å². The highest BCUT2D eigenvalue weighted by molar-refractivity contribution is 14.1. The van der Waals surface area contributed by atoms with Gasteiger partial charge in [-0.2, -0.15) is 5.10 Å². The van der Waals surface area contributed by atoms with Crippen molar-refractivity contribution in [2.75, 3.05) is 20.2 Å². The molecule has 0 aliphatic carbocycles. The zero-order valence-electron chi connectivity index (χ0n) is 8.63. The zero-order valence-corrected chi connectivity index (χ0v) is 11.5. The molecule has 0 unspecified atom stereocenters. The van der Waals surface area contributed by atoms with Gasteiger partial charge in [-0.15, -0.1) is 0 Å². The molecule has 0 aromatic carbocycles. The topological polar surface area (TPSA) is 36.9 Å². The van der Waals surface area contributed by atoms with Gasteiger partial charge in [0.05, 0.1) is 22.2 Å². The van der Waals surface area contributed by atoms with E-state index in [0.717, 1.165) is 9.46 Å². The fraction of sp³-hybridized carbons (Fsp3) is 0.444. The van der Waals surface area contributed by atoms with E-state index in [0.29, 0.717) is 18.3 Å². The molecular weight excluding hydrogens is 328 g/mol. The number of halogens is 2. The van der Waals surface area contributed by atoms with Crippen LogP contribution >= 0.6 is 34.2 Å². The van der Waals surface area contributed by atoms with Crippen LogP contribution in [-0.4, -0.2) is 30.4 Å². The third-order valence-electron chi connectivity index (χ3n) is 1.70. The summed E-state index contributed by atoms with van der Waals surface area (Å²) in [5.41, 5.74) is 0. The maximum absolute atomic E-state index is 5.91. The highest BCUT2D eigenvalue weighted by Gasteiger charge is 2.05. The highest BCUT2D eigenvalue weighted by Crippen LogP contribution is 2.09. The van der Waals surface area contributed by atoms with E-state index in [4.69, 9.17) is 16.3 Å². The smallest absolute Gasteiger partial charge is 0.152 e. The van der Waals surface area contributed by atoms with Crippen molar-refractivity contribution in [3.8, 4) is 0 Å². The van der Waals surface area contributed by atoms with Crippen LogP contribution in [0.4, 0.5) is 0 Å². The van der Waals surface area contributed by atoms with Gasteiger partial charge < -0.3 is 10.1 Å². The minimum absolute atomic E-state index is 0.420. The van der Waals surface area contributed by atoms with E-state index < -0.39 is 0 Å². The van der Waals surface area contributed by atoms with Crippen LogP contribution in [0.1, 0.15) is 6.92 Å². The van der Waals surface area contributed by atoms with Gasteiger partial charge in [0.2, 0.25) is 0 Å². The zero-order chi connectivity index (χ0) is 11.3. The van der Waals surface area contributed by atoms with Gasteiger partial charge in [-0.1, -0.05) is 11.6 Å². The number of hydrazone groups is 1. The molecule has 1 aliphatic rings. The fourth-order valence-corrected chi connectivity index (χ4v) is 1.57. The first-order chi connectivity index (χ1) is 7.11. The second-order valence-electron chi connectivity index (χ2n) is 2.92. The van der Waals surface area contributed by atoms with Crippen molar-refractivity contribution in [1.29, 1.82) is 0 Å². The molecule has 15 heavy (non-hydrogen) atoms. The van der Waals surface area contributed by atoms with Gasteiger partial charge in [-0.25, -0.2) is 0 Å². The Morgan fingerprint density at radius 2 is 2.53 bits per heavy atom. The van der Waals surface area contributed by atoms with E-state index in [-0.39, 0.29) is 0 Å². The lowest BCUT2D eigenvalue weighted by atomic mass is 10.5. The van der Waals surface area contributed by atoms with E-state index in [2.05, 4.69) is 33.0 Å². The summed E-state index contributed by atoms with van der Waals surface area (Å²) < 4.78 is 6.39. The monoisotopic (exact) mass is 341 g/mol. The van der Waals surface area contributed by atoms with Crippen LogP contribution in [-0.2, 0) is 4.74 Å². The maximum atomic E-state index is 5.91. The van der Waals surface area contributed by atoms with Crippen molar-refractivity contribution >= 4 is 39.4 Å². The van der Waals surface area contributed by atoms with Gasteiger partial charge in [-0.3, -0.25) is 5.01 Å². The standard InChI is InChI=1S/C9H13ClIN3O/c1-7-5-8(10)13-14(3-4-15-7)6-9(11)12-2/h5-6,12H,3-4H2,1-2H3/b7-5+,9-6-,13-8?. The number of hydrogen-bond acceptors (Lipinski definition) is 4. The third-order valence-corrected chi connectivity index (χ3v) is 2.70.